The third-order valence-corrected chi connectivity index (χ3v) is 3.85. The van der Waals surface area contributed by atoms with Crippen molar-refractivity contribution in [1.29, 1.82) is 0 Å². The van der Waals surface area contributed by atoms with E-state index in [4.69, 9.17) is 14.2 Å². The van der Waals surface area contributed by atoms with Crippen LogP contribution in [0.4, 0.5) is 0 Å². The van der Waals surface area contributed by atoms with Gasteiger partial charge in [0.05, 0.1) is 6.61 Å². The summed E-state index contributed by atoms with van der Waals surface area (Å²) in [7, 11) is 1.65. The molecule has 0 aromatic heterocycles. The second-order valence-corrected chi connectivity index (χ2v) is 8.14. The van der Waals surface area contributed by atoms with E-state index in [2.05, 4.69) is 10.6 Å². The van der Waals surface area contributed by atoms with Crippen LogP contribution < -0.4 is 10.6 Å². The van der Waals surface area contributed by atoms with Gasteiger partial charge >= 0.3 is 17.9 Å². The number of likely N-dealkylation sites (N-methyl/N-ethyl adjacent to an activating group) is 1. The normalized spacial score (nSPS) is 20.6. The fourth-order valence-electron chi connectivity index (χ4n) is 2.66. The Morgan fingerprint density at radius 2 is 1.80 bits per heavy atom. The van der Waals surface area contributed by atoms with Crippen LogP contribution in [0.15, 0.2) is 0 Å². The van der Waals surface area contributed by atoms with Crippen LogP contribution in [0.3, 0.4) is 0 Å². The van der Waals surface area contributed by atoms with Crippen LogP contribution in [-0.4, -0.2) is 55.5 Å². The Morgan fingerprint density at radius 3 is 2.20 bits per heavy atom. The molecule has 1 aliphatic heterocycles. The zero-order chi connectivity index (χ0) is 19.5. The Hall–Kier alpha value is -1.67. The fraction of sp³-hybridized carbons (Fsp3) is 0.824. The van der Waals surface area contributed by atoms with E-state index in [1.165, 1.54) is 0 Å². The summed E-state index contributed by atoms with van der Waals surface area (Å²) in [5.41, 5.74) is -2.15. The lowest BCUT2D eigenvalue weighted by molar-refractivity contribution is -0.173. The predicted molar refractivity (Wildman–Crippen MR) is 90.5 cm³/mol. The van der Waals surface area contributed by atoms with Crippen molar-refractivity contribution in [2.75, 3.05) is 20.3 Å². The molecule has 0 aromatic carbocycles. The number of nitrogens with one attached hydrogen (secondary N) is 2. The summed E-state index contributed by atoms with van der Waals surface area (Å²) < 4.78 is 14.9. The van der Waals surface area contributed by atoms with Gasteiger partial charge in [-0.2, -0.15) is 0 Å². The second-order valence-electron chi connectivity index (χ2n) is 8.14. The highest BCUT2D eigenvalue weighted by Gasteiger charge is 2.51. The Labute approximate surface area is 148 Å². The van der Waals surface area contributed by atoms with Gasteiger partial charge in [0.1, 0.15) is 0 Å². The molecule has 1 saturated heterocycles. The van der Waals surface area contributed by atoms with Crippen molar-refractivity contribution in [3.63, 3.8) is 0 Å². The first-order valence-electron chi connectivity index (χ1n) is 8.34. The van der Waals surface area contributed by atoms with Crippen molar-refractivity contribution >= 4 is 17.9 Å². The third-order valence-electron chi connectivity index (χ3n) is 3.85. The highest BCUT2D eigenvalue weighted by molar-refractivity contribution is 5.85. The van der Waals surface area contributed by atoms with Crippen molar-refractivity contribution in [2.24, 2.45) is 5.41 Å². The number of esters is 3. The molecule has 25 heavy (non-hydrogen) atoms. The van der Waals surface area contributed by atoms with Crippen LogP contribution >= 0.6 is 0 Å². The van der Waals surface area contributed by atoms with Crippen LogP contribution in [0.25, 0.3) is 0 Å². The second kappa shape index (κ2) is 7.70. The molecular weight excluding hydrogens is 328 g/mol. The average Bonchev–Trinajstić information content (AvgIpc) is 2.85. The summed E-state index contributed by atoms with van der Waals surface area (Å²) in [5.74, 6) is -1.98. The average molecular weight is 358 g/mol. The van der Waals surface area contributed by atoms with Gasteiger partial charge in [-0.25, -0.2) is 14.4 Å². The largest absolute Gasteiger partial charge is 0.463 e. The summed E-state index contributed by atoms with van der Waals surface area (Å²) in [5, 5.41) is 6.26. The molecule has 2 unspecified atom stereocenters. The Balaban J connectivity index is 2.78. The van der Waals surface area contributed by atoms with E-state index in [-0.39, 0.29) is 12.1 Å². The molecule has 144 valence electrons. The van der Waals surface area contributed by atoms with E-state index in [0.717, 1.165) is 0 Å². The molecular formula is C17H30N2O6. The minimum atomic E-state index is -1.21. The van der Waals surface area contributed by atoms with Gasteiger partial charge in [-0.1, -0.05) is 20.8 Å². The van der Waals surface area contributed by atoms with Gasteiger partial charge in [0.15, 0.2) is 12.3 Å². The molecule has 2 N–H and O–H groups in total. The molecule has 1 rings (SSSR count). The van der Waals surface area contributed by atoms with E-state index in [1.807, 2.05) is 41.5 Å². The molecule has 0 aliphatic carbocycles. The lowest BCUT2D eigenvalue weighted by atomic mass is 9.78. The summed E-state index contributed by atoms with van der Waals surface area (Å²) in [6.45, 7) is 11.1. The van der Waals surface area contributed by atoms with Crippen molar-refractivity contribution in [2.45, 2.75) is 65.3 Å². The quantitative estimate of drug-likeness (QED) is 0.407. The van der Waals surface area contributed by atoms with Crippen molar-refractivity contribution < 1.29 is 28.6 Å². The van der Waals surface area contributed by atoms with Gasteiger partial charge in [0.2, 0.25) is 6.10 Å². The van der Waals surface area contributed by atoms with Gasteiger partial charge in [0, 0.05) is 17.4 Å². The SMILES string of the molecule is CNC(NC(C)(C)C)(C(=O)OCC(=O)OC1CCOC1=O)C(C)(C)C. The van der Waals surface area contributed by atoms with Crippen molar-refractivity contribution in [3.05, 3.63) is 0 Å². The molecule has 1 aliphatic rings. The monoisotopic (exact) mass is 358 g/mol. The minimum absolute atomic E-state index is 0.221. The molecule has 0 bridgehead atoms. The molecule has 1 fully saturated rings. The molecule has 0 radical (unpaired) electrons. The number of hydrogen-bond acceptors (Lipinski definition) is 8. The van der Waals surface area contributed by atoms with Gasteiger partial charge in [-0.05, 0) is 27.8 Å². The van der Waals surface area contributed by atoms with Crippen LogP contribution in [-0.2, 0) is 28.6 Å². The summed E-state index contributed by atoms with van der Waals surface area (Å²) in [6, 6.07) is 0. The summed E-state index contributed by atoms with van der Waals surface area (Å²) in [6.07, 6.45) is -0.609. The first-order chi connectivity index (χ1) is 11.3. The topological polar surface area (TPSA) is 103 Å². The smallest absolute Gasteiger partial charge is 0.347 e. The van der Waals surface area contributed by atoms with E-state index >= 15 is 0 Å². The van der Waals surface area contributed by atoms with Gasteiger partial charge < -0.3 is 14.2 Å². The van der Waals surface area contributed by atoms with Gasteiger partial charge in [-0.3, -0.25) is 10.6 Å². The summed E-state index contributed by atoms with van der Waals surface area (Å²) >= 11 is 0. The number of carbonyl (C=O) groups is 3. The van der Waals surface area contributed by atoms with Crippen LogP contribution in [0.2, 0.25) is 0 Å². The maximum atomic E-state index is 12.8. The van der Waals surface area contributed by atoms with E-state index < -0.39 is 41.7 Å². The Morgan fingerprint density at radius 1 is 1.20 bits per heavy atom. The summed E-state index contributed by atoms with van der Waals surface area (Å²) in [4.78, 5) is 35.9. The minimum Gasteiger partial charge on any atom is -0.463 e. The molecule has 8 heteroatoms. The maximum absolute atomic E-state index is 12.8. The molecule has 2 atom stereocenters. The molecule has 0 saturated carbocycles. The molecule has 0 aromatic rings. The zero-order valence-corrected chi connectivity index (χ0v) is 16.1. The number of hydrogen-bond donors (Lipinski definition) is 2. The van der Waals surface area contributed by atoms with E-state index in [0.29, 0.717) is 6.42 Å². The third kappa shape index (κ3) is 5.40. The molecule has 1 heterocycles. The first kappa shape index (κ1) is 21.4. The van der Waals surface area contributed by atoms with Crippen LogP contribution in [0, 0.1) is 5.41 Å². The first-order valence-corrected chi connectivity index (χ1v) is 8.34. The molecule has 0 spiro atoms. The Bertz CT molecular complexity index is 520. The molecule has 0 amide bonds. The lowest BCUT2D eigenvalue weighted by Gasteiger charge is -2.46. The fourth-order valence-corrected chi connectivity index (χ4v) is 2.66. The highest BCUT2D eigenvalue weighted by Crippen LogP contribution is 2.31. The standard InChI is InChI=1S/C17H30N2O6/c1-15(2,3)17(18-7,19-16(4,5)6)14(22)24-10-12(20)25-11-8-9-23-13(11)21/h11,18-19H,8-10H2,1-7H3. The van der Waals surface area contributed by atoms with E-state index in [1.54, 1.807) is 7.05 Å². The van der Waals surface area contributed by atoms with E-state index in [9.17, 15) is 14.4 Å². The van der Waals surface area contributed by atoms with Crippen LogP contribution in [0.5, 0.6) is 0 Å². The van der Waals surface area contributed by atoms with Crippen molar-refractivity contribution in [1.82, 2.24) is 10.6 Å². The zero-order valence-electron chi connectivity index (χ0n) is 16.1. The van der Waals surface area contributed by atoms with Gasteiger partial charge in [-0.15, -0.1) is 0 Å². The highest BCUT2D eigenvalue weighted by atomic mass is 16.6. The van der Waals surface area contributed by atoms with Crippen molar-refractivity contribution in [3.8, 4) is 0 Å². The number of cyclic esters (lactones) is 1. The maximum Gasteiger partial charge on any atom is 0.347 e. The molecule has 8 nitrogen and oxygen atoms in total. The number of rotatable bonds is 6. The number of carbonyl (C=O) groups excluding carboxylic acids is 3. The van der Waals surface area contributed by atoms with Gasteiger partial charge in [0.25, 0.3) is 0 Å². The van der Waals surface area contributed by atoms with Crippen LogP contribution in [0.1, 0.15) is 48.0 Å². The lowest BCUT2D eigenvalue weighted by Crippen LogP contribution is -2.72. The predicted octanol–water partition coefficient (Wildman–Crippen LogP) is 0.738. The Kier molecular flexibility index (Phi) is 6.58. The number of ether oxygens (including phenoxy) is 3.